The number of rotatable bonds is 8. The van der Waals surface area contributed by atoms with Crippen LogP contribution in [0.15, 0.2) is 65.6 Å². The molecule has 0 amide bonds. The molecule has 30 heavy (non-hydrogen) atoms. The van der Waals surface area contributed by atoms with Gasteiger partial charge in [-0.3, -0.25) is 9.36 Å². The maximum absolute atomic E-state index is 13.3. The Morgan fingerprint density at radius 3 is 2.40 bits per heavy atom. The molecule has 1 aliphatic rings. The first-order chi connectivity index (χ1) is 14.5. The molecule has 1 saturated carbocycles. The predicted molar refractivity (Wildman–Crippen MR) is 107 cm³/mol. The average molecular weight is 413 g/mol. The van der Waals surface area contributed by atoms with Crippen molar-refractivity contribution in [2.24, 2.45) is 5.92 Å². The second-order valence-corrected chi connectivity index (χ2v) is 7.32. The van der Waals surface area contributed by atoms with E-state index in [9.17, 15) is 18.7 Å². The number of pyridine rings is 1. The number of aliphatic hydroxyl groups excluding tert-OH is 1. The highest BCUT2D eigenvalue weighted by Crippen LogP contribution is 2.32. The second-order valence-electron chi connectivity index (χ2n) is 7.32. The summed E-state index contributed by atoms with van der Waals surface area (Å²) < 4.78 is 38.8. The Kier molecular flexibility index (Phi) is 5.81. The van der Waals surface area contributed by atoms with Crippen molar-refractivity contribution in [3.63, 3.8) is 0 Å². The lowest BCUT2D eigenvalue weighted by Gasteiger charge is -2.12. The van der Waals surface area contributed by atoms with Crippen molar-refractivity contribution >= 4 is 0 Å². The molecule has 0 bridgehead atoms. The molecule has 7 heteroatoms. The minimum absolute atomic E-state index is 0.0133. The molecular weight excluding hydrogens is 392 g/mol. The molecule has 1 atom stereocenters. The van der Waals surface area contributed by atoms with E-state index in [0.717, 1.165) is 25.0 Å². The van der Waals surface area contributed by atoms with Crippen molar-refractivity contribution in [1.29, 1.82) is 0 Å². The largest absolute Gasteiger partial charge is 0.491 e. The Labute approximate surface area is 172 Å². The number of hydrogen-bond acceptors (Lipinski definition) is 4. The van der Waals surface area contributed by atoms with Gasteiger partial charge in [0.2, 0.25) is 0 Å². The van der Waals surface area contributed by atoms with Crippen LogP contribution in [0.5, 0.6) is 11.5 Å². The highest BCUT2D eigenvalue weighted by Gasteiger charge is 2.30. The summed E-state index contributed by atoms with van der Waals surface area (Å²) in [6.45, 7) is 0.271. The van der Waals surface area contributed by atoms with Crippen molar-refractivity contribution in [3.05, 3.63) is 88.3 Å². The van der Waals surface area contributed by atoms with Gasteiger partial charge in [-0.15, -0.1) is 0 Å². The SMILES string of the molecule is O=c1cc(OCc2ccc(F)c(F)c2)ccn1-c1ccc(OC[C@@H](O)C2CC2)cc1. The topological polar surface area (TPSA) is 60.7 Å². The third-order valence-electron chi connectivity index (χ3n) is 4.98. The normalized spacial score (nSPS) is 14.4. The number of ether oxygens (including phenoxy) is 2. The van der Waals surface area contributed by atoms with Crippen LogP contribution in [0.4, 0.5) is 8.78 Å². The fraction of sp³-hybridized carbons (Fsp3) is 0.261. The van der Waals surface area contributed by atoms with E-state index in [-0.39, 0.29) is 18.8 Å². The monoisotopic (exact) mass is 413 g/mol. The molecule has 0 radical (unpaired) electrons. The zero-order chi connectivity index (χ0) is 21.1. The lowest BCUT2D eigenvalue weighted by molar-refractivity contribution is 0.0894. The van der Waals surface area contributed by atoms with Crippen LogP contribution < -0.4 is 15.0 Å². The summed E-state index contributed by atoms with van der Waals surface area (Å²) in [5.41, 5.74) is 0.818. The van der Waals surface area contributed by atoms with Crippen LogP contribution in [0.3, 0.4) is 0 Å². The summed E-state index contributed by atoms with van der Waals surface area (Å²) in [5, 5.41) is 9.87. The molecule has 1 heterocycles. The zero-order valence-corrected chi connectivity index (χ0v) is 16.1. The van der Waals surface area contributed by atoms with Crippen molar-refractivity contribution in [2.45, 2.75) is 25.6 Å². The van der Waals surface area contributed by atoms with Crippen LogP contribution in [0, 0.1) is 17.6 Å². The van der Waals surface area contributed by atoms with E-state index in [1.54, 1.807) is 36.5 Å². The van der Waals surface area contributed by atoms with Gasteiger partial charge >= 0.3 is 0 Å². The fourth-order valence-corrected chi connectivity index (χ4v) is 3.06. The van der Waals surface area contributed by atoms with E-state index in [0.29, 0.717) is 28.7 Å². The van der Waals surface area contributed by atoms with Crippen LogP contribution >= 0.6 is 0 Å². The molecule has 2 aromatic carbocycles. The zero-order valence-electron chi connectivity index (χ0n) is 16.1. The van der Waals surface area contributed by atoms with E-state index < -0.39 is 17.7 Å². The number of halogens is 2. The number of benzene rings is 2. The molecule has 0 unspecified atom stereocenters. The molecule has 0 spiro atoms. The summed E-state index contributed by atoms with van der Waals surface area (Å²) in [6.07, 6.45) is 3.24. The lowest BCUT2D eigenvalue weighted by atomic mass is 10.2. The Balaban J connectivity index is 1.38. The van der Waals surface area contributed by atoms with E-state index >= 15 is 0 Å². The summed E-state index contributed by atoms with van der Waals surface area (Å²) in [4.78, 5) is 12.4. The number of aromatic nitrogens is 1. The standard InChI is InChI=1S/C23H21F2NO4/c24-20-8-1-15(11-21(20)25)13-29-19-9-10-26(23(28)12-19)17-4-6-18(7-5-17)30-14-22(27)16-2-3-16/h1,4-12,16,22,27H,2-3,13-14H2/t22-/m1/s1. The molecular formula is C23H21F2NO4. The van der Waals surface area contributed by atoms with Crippen LogP contribution in [0.1, 0.15) is 18.4 Å². The van der Waals surface area contributed by atoms with Gasteiger partial charge in [-0.1, -0.05) is 6.07 Å². The van der Waals surface area contributed by atoms with Gasteiger partial charge in [0.1, 0.15) is 24.7 Å². The third-order valence-corrected chi connectivity index (χ3v) is 4.98. The van der Waals surface area contributed by atoms with Gasteiger partial charge in [-0.05, 0) is 66.8 Å². The molecule has 1 N–H and O–H groups in total. The van der Waals surface area contributed by atoms with Gasteiger partial charge in [0.25, 0.3) is 5.56 Å². The molecule has 0 saturated heterocycles. The predicted octanol–water partition coefficient (Wildman–Crippen LogP) is 3.84. The quantitative estimate of drug-likeness (QED) is 0.610. The first kappa shape index (κ1) is 20.1. The molecule has 1 fully saturated rings. The first-order valence-electron chi connectivity index (χ1n) is 9.70. The van der Waals surface area contributed by atoms with Crippen LogP contribution in [0.25, 0.3) is 5.69 Å². The number of aliphatic hydroxyl groups is 1. The summed E-state index contributed by atoms with van der Waals surface area (Å²) >= 11 is 0. The van der Waals surface area contributed by atoms with Crippen LogP contribution in [-0.4, -0.2) is 22.4 Å². The van der Waals surface area contributed by atoms with Crippen molar-refractivity contribution in [1.82, 2.24) is 4.57 Å². The molecule has 3 aromatic rings. The van der Waals surface area contributed by atoms with E-state index in [4.69, 9.17) is 9.47 Å². The molecule has 0 aliphatic heterocycles. The second kappa shape index (κ2) is 8.67. The molecule has 1 aromatic heterocycles. The van der Waals surface area contributed by atoms with E-state index in [2.05, 4.69) is 0 Å². The minimum atomic E-state index is -0.944. The maximum Gasteiger partial charge on any atom is 0.258 e. The lowest BCUT2D eigenvalue weighted by Crippen LogP contribution is -2.19. The van der Waals surface area contributed by atoms with Gasteiger partial charge < -0.3 is 14.6 Å². The Morgan fingerprint density at radius 2 is 1.73 bits per heavy atom. The Morgan fingerprint density at radius 1 is 0.967 bits per heavy atom. The first-order valence-corrected chi connectivity index (χ1v) is 9.70. The molecule has 4 rings (SSSR count). The van der Waals surface area contributed by atoms with Gasteiger partial charge in [0.05, 0.1) is 6.10 Å². The molecule has 5 nitrogen and oxygen atoms in total. The molecule has 156 valence electrons. The van der Waals surface area contributed by atoms with Crippen LogP contribution in [0.2, 0.25) is 0 Å². The highest BCUT2D eigenvalue weighted by atomic mass is 19.2. The fourth-order valence-electron chi connectivity index (χ4n) is 3.06. The average Bonchev–Trinajstić information content (AvgIpc) is 3.59. The Hall–Kier alpha value is -3.19. The van der Waals surface area contributed by atoms with Gasteiger partial charge in [-0.2, -0.15) is 0 Å². The third kappa shape index (κ3) is 4.86. The number of nitrogens with zero attached hydrogens (tertiary/aromatic N) is 1. The highest BCUT2D eigenvalue weighted by molar-refractivity contribution is 5.38. The minimum Gasteiger partial charge on any atom is -0.491 e. The maximum atomic E-state index is 13.3. The van der Waals surface area contributed by atoms with E-state index in [1.807, 2.05) is 0 Å². The van der Waals surface area contributed by atoms with Gasteiger partial charge in [-0.25, -0.2) is 8.78 Å². The summed E-state index contributed by atoms with van der Waals surface area (Å²) in [6, 6.07) is 13.5. The smallest absolute Gasteiger partial charge is 0.258 e. The van der Waals surface area contributed by atoms with Gasteiger partial charge in [0, 0.05) is 18.0 Å². The van der Waals surface area contributed by atoms with Crippen molar-refractivity contribution in [2.75, 3.05) is 6.61 Å². The summed E-state index contributed by atoms with van der Waals surface area (Å²) in [7, 11) is 0. The Bertz CT molecular complexity index is 1080. The van der Waals surface area contributed by atoms with Gasteiger partial charge in [0.15, 0.2) is 11.6 Å². The van der Waals surface area contributed by atoms with Crippen molar-refractivity contribution in [3.8, 4) is 17.2 Å². The van der Waals surface area contributed by atoms with Crippen molar-refractivity contribution < 1.29 is 23.4 Å². The molecule has 1 aliphatic carbocycles. The van der Waals surface area contributed by atoms with E-state index in [1.165, 1.54) is 16.7 Å². The number of hydrogen-bond donors (Lipinski definition) is 1. The summed E-state index contributed by atoms with van der Waals surface area (Å²) in [5.74, 6) is -0.559. The van der Waals surface area contributed by atoms with Crippen LogP contribution in [-0.2, 0) is 6.61 Å².